The Morgan fingerprint density at radius 1 is 1.12 bits per heavy atom. The van der Waals surface area contributed by atoms with Crippen LogP contribution >= 0.6 is 27.5 Å². The largest absolute Gasteiger partial charge is 0.395 e. The van der Waals surface area contributed by atoms with Crippen LogP contribution in [0.5, 0.6) is 0 Å². The van der Waals surface area contributed by atoms with Crippen LogP contribution in [0.3, 0.4) is 0 Å². The first-order valence-corrected chi connectivity index (χ1v) is 12.7. The number of nitrogens with zero attached hydrogens (tertiary/aromatic N) is 1. The summed E-state index contributed by atoms with van der Waals surface area (Å²) in [6.45, 7) is 0.914. The molecule has 13 heteroatoms. The molecule has 0 saturated heterocycles. The molecule has 0 spiro atoms. The first-order valence-electron chi connectivity index (χ1n) is 9.92. The van der Waals surface area contributed by atoms with E-state index in [1.165, 1.54) is 13.0 Å². The number of amides is 2. The van der Waals surface area contributed by atoms with Gasteiger partial charge in [0.05, 0.1) is 12.4 Å². The molecule has 0 saturated carbocycles. The zero-order valence-corrected chi connectivity index (χ0v) is 20.9. The van der Waals surface area contributed by atoms with Gasteiger partial charge in [0.1, 0.15) is 11.3 Å². The van der Waals surface area contributed by atoms with Crippen molar-refractivity contribution in [3.63, 3.8) is 0 Å². The van der Waals surface area contributed by atoms with Crippen molar-refractivity contribution in [2.45, 2.75) is 20.0 Å². The number of nitrogens with one attached hydrogen (secondary N) is 3. The predicted octanol–water partition coefficient (Wildman–Crippen LogP) is 0.856. The lowest BCUT2D eigenvalue weighted by atomic mass is 10.2. The first kappa shape index (κ1) is 27.0. The lowest BCUT2D eigenvalue weighted by Crippen LogP contribution is -2.40. The van der Waals surface area contributed by atoms with E-state index in [2.05, 4.69) is 31.3 Å². The summed E-state index contributed by atoms with van der Waals surface area (Å²) >= 11 is 9.06. The molecule has 1 aromatic heterocycles. The highest BCUT2D eigenvalue weighted by Crippen LogP contribution is 2.17. The number of aliphatic hydroxyl groups excluding tert-OH is 1. The van der Waals surface area contributed by atoms with Crippen molar-refractivity contribution in [1.29, 1.82) is 0 Å². The van der Waals surface area contributed by atoms with E-state index in [0.29, 0.717) is 5.02 Å². The van der Waals surface area contributed by atoms with Gasteiger partial charge >= 0.3 is 0 Å². The Balaban J connectivity index is 2.19. The highest BCUT2D eigenvalue weighted by atomic mass is 79.9. The third kappa shape index (κ3) is 7.64. The Bertz CT molecular complexity index is 1170. The van der Waals surface area contributed by atoms with Gasteiger partial charge in [0, 0.05) is 35.7 Å². The monoisotopic (exact) mass is 562 g/mol. The van der Waals surface area contributed by atoms with Gasteiger partial charge in [-0.05, 0) is 46.6 Å². The minimum Gasteiger partial charge on any atom is -0.395 e. The fraction of sp³-hybridized carbons (Fsp3) is 0.350. The summed E-state index contributed by atoms with van der Waals surface area (Å²) in [5, 5.41) is 15.1. The number of sulfonamides is 1. The van der Waals surface area contributed by atoms with Gasteiger partial charge < -0.3 is 20.3 Å². The van der Waals surface area contributed by atoms with Gasteiger partial charge in [-0.3, -0.25) is 14.4 Å². The molecular formula is C20H24BrClN4O6S. The average molecular weight is 564 g/mol. The second-order valence-electron chi connectivity index (χ2n) is 6.80. The van der Waals surface area contributed by atoms with E-state index in [4.69, 9.17) is 11.6 Å². The fourth-order valence-electron chi connectivity index (χ4n) is 2.79. The van der Waals surface area contributed by atoms with Gasteiger partial charge in [0.25, 0.3) is 17.4 Å². The van der Waals surface area contributed by atoms with Crippen molar-refractivity contribution >= 4 is 49.4 Å². The number of hydrogen-bond acceptors (Lipinski definition) is 6. The van der Waals surface area contributed by atoms with E-state index >= 15 is 0 Å². The molecule has 2 amide bonds. The summed E-state index contributed by atoms with van der Waals surface area (Å²) in [5.41, 5.74) is -0.284. The highest BCUT2D eigenvalue weighted by molar-refractivity contribution is 9.10. The number of aromatic nitrogens is 1. The molecule has 1 heterocycles. The molecule has 0 aliphatic carbocycles. The van der Waals surface area contributed by atoms with Gasteiger partial charge in [-0.15, -0.1) is 0 Å². The van der Waals surface area contributed by atoms with Crippen molar-refractivity contribution < 1.29 is 23.1 Å². The van der Waals surface area contributed by atoms with E-state index < -0.39 is 34.0 Å². The SMILES string of the molecule is CCS(=O)(=O)NCCNC(=O)c1c(Br)cc(C(=O)NCc2ccc(Cl)cc2)c(=O)n1CCO. The molecule has 0 aliphatic heterocycles. The molecule has 0 unspecified atom stereocenters. The maximum atomic E-state index is 12.9. The number of halogens is 2. The maximum absolute atomic E-state index is 12.9. The van der Waals surface area contributed by atoms with Crippen LogP contribution in [-0.4, -0.2) is 55.4 Å². The average Bonchev–Trinajstić information content (AvgIpc) is 2.78. The molecular weight excluding hydrogens is 540 g/mol. The van der Waals surface area contributed by atoms with Crippen LogP contribution in [-0.2, 0) is 23.1 Å². The Hall–Kier alpha value is -2.25. The molecule has 2 aromatic rings. The standard InChI is InChI=1S/C20H24BrClN4O6S/c1-2-33(31,32)25-8-7-23-19(29)17-16(21)11-15(20(30)26(17)9-10-27)18(28)24-12-13-3-5-14(22)6-4-13/h3-6,11,25,27H,2,7-10,12H2,1H3,(H,23,29)(H,24,28). The zero-order valence-electron chi connectivity index (χ0n) is 17.7. The Morgan fingerprint density at radius 2 is 1.79 bits per heavy atom. The fourth-order valence-corrected chi connectivity index (χ4v) is 4.15. The Kier molecular flexibility index (Phi) is 10.0. The van der Waals surface area contributed by atoms with E-state index in [9.17, 15) is 27.9 Å². The van der Waals surface area contributed by atoms with E-state index in [0.717, 1.165) is 10.1 Å². The third-order valence-electron chi connectivity index (χ3n) is 4.50. The highest BCUT2D eigenvalue weighted by Gasteiger charge is 2.22. The van der Waals surface area contributed by atoms with Crippen molar-refractivity contribution in [2.24, 2.45) is 0 Å². The van der Waals surface area contributed by atoms with Gasteiger partial charge in [-0.1, -0.05) is 23.7 Å². The van der Waals surface area contributed by atoms with E-state index in [1.54, 1.807) is 24.3 Å². The summed E-state index contributed by atoms with van der Waals surface area (Å²) in [4.78, 5) is 38.2. The van der Waals surface area contributed by atoms with Crippen molar-refractivity contribution in [3.8, 4) is 0 Å². The molecule has 180 valence electrons. The third-order valence-corrected chi connectivity index (χ3v) is 6.77. The second kappa shape index (κ2) is 12.3. The summed E-state index contributed by atoms with van der Waals surface area (Å²) < 4.78 is 26.4. The quantitative estimate of drug-likeness (QED) is 0.298. The molecule has 0 fully saturated rings. The molecule has 33 heavy (non-hydrogen) atoms. The second-order valence-corrected chi connectivity index (χ2v) is 10.2. The number of rotatable bonds is 11. The van der Waals surface area contributed by atoms with Crippen LogP contribution in [0.25, 0.3) is 0 Å². The zero-order chi connectivity index (χ0) is 24.6. The Labute approximate surface area is 204 Å². The number of pyridine rings is 1. The van der Waals surface area contributed by atoms with Gasteiger partial charge in [0.2, 0.25) is 10.0 Å². The molecule has 0 bridgehead atoms. The van der Waals surface area contributed by atoms with Crippen LogP contribution in [0.15, 0.2) is 39.6 Å². The molecule has 4 N–H and O–H groups in total. The van der Waals surface area contributed by atoms with Crippen LogP contribution < -0.4 is 20.9 Å². The van der Waals surface area contributed by atoms with Crippen LogP contribution in [0, 0.1) is 0 Å². The predicted molar refractivity (Wildman–Crippen MR) is 128 cm³/mol. The van der Waals surface area contributed by atoms with Crippen LogP contribution in [0.4, 0.5) is 0 Å². The number of carbonyl (C=O) groups is 2. The van der Waals surface area contributed by atoms with E-state index in [1.807, 2.05) is 0 Å². The van der Waals surface area contributed by atoms with Crippen molar-refractivity contribution in [2.75, 3.05) is 25.4 Å². The number of benzene rings is 1. The van der Waals surface area contributed by atoms with Crippen molar-refractivity contribution in [1.82, 2.24) is 19.9 Å². The lowest BCUT2D eigenvalue weighted by molar-refractivity contribution is 0.0928. The smallest absolute Gasteiger partial charge is 0.269 e. The lowest BCUT2D eigenvalue weighted by Gasteiger charge is -2.16. The van der Waals surface area contributed by atoms with Crippen LogP contribution in [0.1, 0.15) is 33.3 Å². The minimum absolute atomic E-state index is 0.0266. The van der Waals surface area contributed by atoms with Crippen LogP contribution in [0.2, 0.25) is 5.02 Å². The maximum Gasteiger partial charge on any atom is 0.269 e. The normalized spacial score (nSPS) is 11.3. The minimum atomic E-state index is -3.41. The number of hydrogen-bond donors (Lipinski definition) is 4. The van der Waals surface area contributed by atoms with Gasteiger partial charge in [0.15, 0.2) is 0 Å². The molecule has 0 radical (unpaired) electrons. The molecule has 1 aromatic carbocycles. The summed E-state index contributed by atoms with van der Waals surface area (Å²) in [6, 6.07) is 8.05. The Morgan fingerprint density at radius 3 is 2.39 bits per heavy atom. The van der Waals surface area contributed by atoms with Gasteiger partial charge in [-0.2, -0.15) is 0 Å². The topological polar surface area (TPSA) is 147 Å². The van der Waals surface area contributed by atoms with Gasteiger partial charge in [-0.25, -0.2) is 13.1 Å². The summed E-state index contributed by atoms with van der Waals surface area (Å²) in [6.07, 6.45) is 0. The molecule has 0 aliphatic rings. The first-order chi connectivity index (χ1) is 15.6. The molecule has 2 rings (SSSR count). The molecule has 10 nitrogen and oxygen atoms in total. The van der Waals surface area contributed by atoms with Crippen molar-refractivity contribution in [3.05, 3.63) is 67.0 Å². The number of carbonyl (C=O) groups excluding carboxylic acids is 2. The number of aliphatic hydroxyl groups is 1. The summed E-state index contributed by atoms with van der Waals surface area (Å²) in [7, 11) is -3.41. The summed E-state index contributed by atoms with van der Waals surface area (Å²) in [5.74, 6) is -1.41. The van der Waals surface area contributed by atoms with E-state index in [-0.39, 0.29) is 47.7 Å². The molecule has 0 atom stereocenters.